The summed E-state index contributed by atoms with van der Waals surface area (Å²) in [5.74, 6) is 1.72. The van der Waals surface area contributed by atoms with Gasteiger partial charge in [-0.3, -0.25) is 0 Å². The molecule has 0 radical (unpaired) electrons. The van der Waals surface area contributed by atoms with E-state index in [2.05, 4.69) is 26.2 Å². The van der Waals surface area contributed by atoms with Crippen LogP contribution in [-0.4, -0.2) is 23.7 Å². The van der Waals surface area contributed by atoms with Crippen molar-refractivity contribution in [3.63, 3.8) is 0 Å². The largest absolute Gasteiger partial charge is 0.496 e. The summed E-state index contributed by atoms with van der Waals surface area (Å²) in [6.45, 7) is 0.726. The number of benzene rings is 1. The number of nitrogens with zero attached hydrogens (tertiary/aromatic N) is 2. The third-order valence-electron chi connectivity index (χ3n) is 2.78. The van der Waals surface area contributed by atoms with E-state index in [-0.39, 0.29) is 0 Å². The van der Waals surface area contributed by atoms with Crippen LogP contribution in [0, 0.1) is 0 Å². The second kappa shape index (κ2) is 5.54. The van der Waals surface area contributed by atoms with Gasteiger partial charge in [-0.2, -0.15) is 0 Å². The van der Waals surface area contributed by atoms with Gasteiger partial charge in [-0.25, -0.2) is 4.98 Å². The average Bonchev–Trinajstić information content (AvgIpc) is 2.67. The predicted molar refractivity (Wildman–Crippen MR) is 75.7 cm³/mol. The van der Waals surface area contributed by atoms with E-state index in [1.165, 1.54) is 0 Å². The van der Waals surface area contributed by atoms with Gasteiger partial charge in [-0.05, 0) is 35.1 Å². The van der Waals surface area contributed by atoms with Crippen LogP contribution in [0.1, 0.15) is 5.69 Å². The Morgan fingerprint density at radius 3 is 2.78 bits per heavy atom. The monoisotopic (exact) mass is 309 g/mol. The normalized spacial score (nSPS) is 10.7. The molecule has 1 aromatic carbocycles. The number of imidazole rings is 1. The maximum Gasteiger partial charge on any atom is 0.144 e. The minimum Gasteiger partial charge on any atom is -0.496 e. The van der Waals surface area contributed by atoms with Crippen LogP contribution in [0.3, 0.4) is 0 Å². The number of aromatic nitrogens is 2. The van der Waals surface area contributed by atoms with E-state index < -0.39 is 0 Å². The minimum absolute atomic E-state index is 0.726. The number of rotatable bonds is 4. The second-order valence-electron chi connectivity index (χ2n) is 3.96. The van der Waals surface area contributed by atoms with E-state index in [4.69, 9.17) is 4.74 Å². The van der Waals surface area contributed by atoms with Gasteiger partial charge in [-0.1, -0.05) is 12.1 Å². The molecular formula is C13H16BrN3O. The maximum absolute atomic E-state index is 5.38. The van der Waals surface area contributed by atoms with Gasteiger partial charge in [0.15, 0.2) is 0 Å². The Morgan fingerprint density at radius 1 is 1.39 bits per heavy atom. The standard InChI is InChI=1S/C13H16BrN3O/c1-15-8-10-12(14)17(2)13(16-10)9-6-4-5-7-11(9)18-3/h4-7,15H,8H2,1-3H3. The number of halogens is 1. The van der Waals surface area contributed by atoms with E-state index in [0.29, 0.717) is 0 Å². The fourth-order valence-electron chi connectivity index (χ4n) is 1.89. The van der Waals surface area contributed by atoms with Crippen LogP contribution in [0.2, 0.25) is 0 Å². The van der Waals surface area contributed by atoms with Gasteiger partial charge in [-0.15, -0.1) is 0 Å². The Kier molecular flexibility index (Phi) is 4.04. The van der Waals surface area contributed by atoms with Crippen molar-refractivity contribution in [2.45, 2.75) is 6.54 Å². The Bertz CT molecular complexity index is 551. The van der Waals surface area contributed by atoms with Crippen molar-refractivity contribution < 1.29 is 4.74 Å². The Labute approximate surface area is 115 Å². The number of para-hydroxylation sites is 1. The van der Waals surface area contributed by atoms with Crippen LogP contribution in [0.25, 0.3) is 11.4 Å². The number of methoxy groups -OCH3 is 1. The first-order valence-corrected chi connectivity index (χ1v) is 6.47. The lowest BCUT2D eigenvalue weighted by Gasteiger charge is -2.07. The molecule has 0 amide bonds. The fourth-order valence-corrected chi connectivity index (χ4v) is 2.28. The Morgan fingerprint density at radius 2 is 2.11 bits per heavy atom. The molecule has 1 N–H and O–H groups in total. The van der Waals surface area contributed by atoms with E-state index in [1.807, 2.05) is 42.9 Å². The third kappa shape index (κ3) is 2.28. The molecule has 0 atom stereocenters. The van der Waals surface area contributed by atoms with Gasteiger partial charge in [0.2, 0.25) is 0 Å². The molecule has 0 aliphatic heterocycles. The first-order chi connectivity index (χ1) is 8.69. The van der Waals surface area contributed by atoms with Crippen molar-refractivity contribution in [1.29, 1.82) is 0 Å². The molecular weight excluding hydrogens is 294 g/mol. The molecule has 1 heterocycles. The lowest BCUT2D eigenvalue weighted by molar-refractivity contribution is 0.416. The highest BCUT2D eigenvalue weighted by atomic mass is 79.9. The highest BCUT2D eigenvalue weighted by Gasteiger charge is 2.16. The molecule has 0 saturated heterocycles. The second-order valence-corrected chi connectivity index (χ2v) is 4.71. The smallest absolute Gasteiger partial charge is 0.144 e. The molecule has 1 aromatic heterocycles. The molecule has 2 aromatic rings. The number of hydrogen-bond acceptors (Lipinski definition) is 3. The molecule has 0 spiro atoms. The summed E-state index contributed by atoms with van der Waals surface area (Å²) in [4.78, 5) is 4.65. The van der Waals surface area contributed by atoms with Crippen LogP contribution >= 0.6 is 15.9 Å². The van der Waals surface area contributed by atoms with Crippen LogP contribution in [-0.2, 0) is 13.6 Å². The first kappa shape index (κ1) is 13.1. The molecule has 18 heavy (non-hydrogen) atoms. The number of hydrogen-bond donors (Lipinski definition) is 1. The van der Waals surface area contributed by atoms with Gasteiger partial charge in [0.05, 0.1) is 18.4 Å². The van der Waals surface area contributed by atoms with Crippen LogP contribution in [0.15, 0.2) is 28.9 Å². The summed E-state index contributed by atoms with van der Waals surface area (Å²) in [6, 6.07) is 7.89. The molecule has 0 saturated carbocycles. The quantitative estimate of drug-likeness (QED) is 0.943. The lowest BCUT2D eigenvalue weighted by Crippen LogP contribution is -2.05. The van der Waals surface area contributed by atoms with Gasteiger partial charge in [0, 0.05) is 13.6 Å². The van der Waals surface area contributed by atoms with Crippen molar-refractivity contribution in [3.05, 3.63) is 34.6 Å². The van der Waals surface area contributed by atoms with E-state index in [1.54, 1.807) is 7.11 Å². The summed E-state index contributed by atoms with van der Waals surface area (Å²) in [6.07, 6.45) is 0. The van der Waals surface area contributed by atoms with E-state index >= 15 is 0 Å². The maximum atomic E-state index is 5.38. The third-order valence-corrected chi connectivity index (χ3v) is 3.77. The summed E-state index contributed by atoms with van der Waals surface area (Å²) >= 11 is 3.57. The average molecular weight is 310 g/mol. The van der Waals surface area contributed by atoms with Crippen LogP contribution < -0.4 is 10.1 Å². The zero-order chi connectivity index (χ0) is 13.1. The molecule has 0 bridgehead atoms. The summed E-state index contributed by atoms with van der Waals surface area (Å²) in [5.41, 5.74) is 1.98. The molecule has 0 fully saturated rings. The van der Waals surface area contributed by atoms with E-state index in [9.17, 15) is 0 Å². The van der Waals surface area contributed by atoms with Crippen molar-refractivity contribution in [3.8, 4) is 17.1 Å². The molecule has 2 rings (SSSR count). The van der Waals surface area contributed by atoms with Gasteiger partial charge in [0.25, 0.3) is 0 Å². The zero-order valence-corrected chi connectivity index (χ0v) is 12.3. The number of ether oxygens (including phenoxy) is 1. The van der Waals surface area contributed by atoms with Gasteiger partial charge < -0.3 is 14.6 Å². The Hall–Kier alpha value is -1.33. The van der Waals surface area contributed by atoms with E-state index in [0.717, 1.165) is 34.0 Å². The van der Waals surface area contributed by atoms with Crippen LogP contribution in [0.5, 0.6) is 5.75 Å². The first-order valence-electron chi connectivity index (χ1n) is 5.68. The number of nitrogens with one attached hydrogen (secondary N) is 1. The lowest BCUT2D eigenvalue weighted by atomic mass is 10.2. The zero-order valence-electron chi connectivity index (χ0n) is 10.7. The fraction of sp³-hybridized carbons (Fsp3) is 0.308. The molecule has 4 nitrogen and oxygen atoms in total. The summed E-state index contributed by atoms with van der Waals surface area (Å²) in [7, 11) is 5.56. The van der Waals surface area contributed by atoms with Crippen molar-refractivity contribution in [1.82, 2.24) is 14.9 Å². The molecule has 0 aliphatic rings. The Balaban J connectivity index is 2.54. The van der Waals surface area contributed by atoms with Crippen molar-refractivity contribution >= 4 is 15.9 Å². The summed E-state index contributed by atoms with van der Waals surface area (Å²) < 4.78 is 8.38. The minimum atomic E-state index is 0.726. The van der Waals surface area contributed by atoms with Crippen molar-refractivity contribution in [2.24, 2.45) is 7.05 Å². The van der Waals surface area contributed by atoms with Crippen molar-refractivity contribution in [2.75, 3.05) is 14.2 Å². The SMILES string of the molecule is CNCc1nc(-c2ccccc2OC)n(C)c1Br. The van der Waals surface area contributed by atoms with Gasteiger partial charge >= 0.3 is 0 Å². The molecule has 0 unspecified atom stereocenters. The highest BCUT2D eigenvalue weighted by Crippen LogP contribution is 2.31. The molecule has 0 aliphatic carbocycles. The highest BCUT2D eigenvalue weighted by molar-refractivity contribution is 9.10. The topological polar surface area (TPSA) is 39.1 Å². The molecule has 5 heteroatoms. The van der Waals surface area contributed by atoms with Gasteiger partial charge in [0.1, 0.15) is 16.2 Å². The predicted octanol–water partition coefficient (Wildman–Crippen LogP) is 2.58. The van der Waals surface area contributed by atoms with Crippen LogP contribution in [0.4, 0.5) is 0 Å². The summed E-state index contributed by atoms with van der Waals surface area (Å²) in [5, 5.41) is 3.11. The molecule has 96 valence electrons.